The number of quaternary nitrogens is 1. The minimum Gasteiger partial charge on any atom is -0.322 e. The molecular formula is C19H23N4O4+. The first-order valence-electron chi connectivity index (χ1n) is 8.48. The van der Waals surface area contributed by atoms with Crippen LogP contribution >= 0.6 is 0 Å². The van der Waals surface area contributed by atoms with Crippen LogP contribution in [-0.2, 0) is 9.59 Å². The molecule has 2 rings (SSSR count). The van der Waals surface area contributed by atoms with Crippen LogP contribution in [0, 0.1) is 24.0 Å². The average molecular weight is 371 g/mol. The predicted octanol–water partition coefficient (Wildman–Crippen LogP) is 1.30. The normalized spacial score (nSPS) is 11.5. The van der Waals surface area contributed by atoms with Crippen molar-refractivity contribution in [2.24, 2.45) is 0 Å². The number of rotatable bonds is 7. The fraction of sp³-hybridized carbons (Fsp3) is 0.263. The molecule has 1 unspecified atom stereocenters. The number of anilines is 2. The number of nitrogens with zero attached hydrogens (tertiary/aromatic N) is 1. The van der Waals surface area contributed by atoms with E-state index in [1.165, 1.54) is 18.2 Å². The van der Waals surface area contributed by atoms with Gasteiger partial charge in [0.15, 0.2) is 13.1 Å². The molecule has 0 aliphatic carbocycles. The van der Waals surface area contributed by atoms with E-state index in [4.69, 9.17) is 0 Å². The van der Waals surface area contributed by atoms with Crippen molar-refractivity contribution in [3.63, 3.8) is 0 Å². The van der Waals surface area contributed by atoms with Gasteiger partial charge < -0.3 is 15.5 Å². The first-order valence-corrected chi connectivity index (χ1v) is 8.48. The Morgan fingerprint density at radius 3 is 2.15 bits per heavy atom. The smallest absolute Gasteiger partial charge is 0.292 e. The number of hydrogen-bond donors (Lipinski definition) is 3. The quantitative estimate of drug-likeness (QED) is 0.504. The molecule has 0 saturated carbocycles. The number of hydrogen-bond acceptors (Lipinski definition) is 4. The highest BCUT2D eigenvalue weighted by Crippen LogP contribution is 2.22. The highest BCUT2D eigenvalue weighted by atomic mass is 16.6. The second-order valence-corrected chi connectivity index (χ2v) is 6.43. The van der Waals surface area contributed by atoms with E-state index in [1.807, 2.05) is 32.0 Å². The van der Waals surface area contributed by atoms with Crippen LogP contribution in [0.1, 0.15) is 11.1 Å². The number of carbonyl (C=O) groups excluding carboxylic acids is 2. The monoisotopic (exact) mass is 371 g/mol. The van der Waals surface area contributed by atoms with Gasteiger partial charge in [0.2, 0.25) is 0 Å². The summed E-state index contributed by atoms with van der Waals surface area (Å²) in [6, 6.07) is 11.6. The van der Waals surface area contributed by atoms with E-state index < -0.39 is 10.8 Å². The van der Waals surface area contributed by atoms with Gasteiger partial charge in [0.05, 0.1) is 12.0 Å². The summed E-state index contributed by atoms with van der Waals surface area (Å²) in [4.78, 5) is 35.5. The molecule has 0 aromatic heterocycles. The van der Waals surface area contributed by atoms with Crippen molar-refractivity contribution in [1.82, 2.24) is 0 Å². The average Bonchev–Trinajstić information content (AvgIpc) is 2.58. The van der Waals surface area contributed by atoms with E-state index in [-0.39, 0.29) is 30.4 Å². The third-order valence-corrected chi connectivity index (χ3v) is 4.18. The Labute approximate surface area is 157 Å². The van der Waals surface area contributed by atoms with Gasteiger partial charge in [-0.3, -0.25) is 19.7 Å². The van der Waals surface area contributed by atoms with Crippen molar-refractivity contribution in [3.05, 3.63) is 63.7 Å². The maximum absolute atomic E-state index is 12.2. The molecule has 0 bridgehead atoms. The molecule has 2 amide bonds. The van der Waals surface area contributed by atoms with Crippen molar-refractivity contribution >= 4 is 28.9 Å². The fourth-order valence-electron chi connectivity index (χ4n) is 2.62. The van der Waals surface area contributed by atoms with Crippen LogP contribution in [0.4, 0.5) is 17.1 Å². The Morgan fingerprint density at radius 2 is 1.52 bits per heavy atom. The third-order valence-electron chi connectivity index (χ3n) is 4.18. The lowest BCUT2D eigenvalue weighted by atomic mass is 10.1. The lowest BCUT2D eigenvalue weighted by Gasteiger charge is -2.15. The van der Waals surface area contributed by atoms with E-state index in [0.717, 1.165) is 16.8 Å². The molecule has 2 aromatic carbocycles. The molecule has 0 radical (unpaired) electrons. The number of benzene rings is 2. The van der Waals surface area contributed by atoms with Crippen LogP contribution in [0.25, 0.3) is 0 Å². The molecule has 27 heavy (non-hydrogen) atoms. The topological polar surface area (TPSA) is 106 Å². The summed E-state index contributed by atoms with van der Waals surface area (Å²) < 4.78 is 0. The van der Waals surface area contributed by atoms with Crippen molar-refractivity contribution in [3.8, 4) is 0 Å². The molecule has 0 heterocycles. The minimum absolute atomic E-state index is 0.00622. The Balaban J connectivity index is 1.90. The van der Waals surface area contributed by atoms with Crippen LogP contribution in [-0.4, -0.2) is 36.9 Å². The largest absolute Gasteiger partial charge is 0.322 e. The van der Waals surface area contributed by atoms with Crippen LogP contribution in [0.2, 0.25) is 0 Å². The Kier molecular flexibility index (Phi) is 6.62. The van der Waals surface area contributed by atoms with Crippen molar-refractivity contribution in [1.29, 1.82) is 0 Å². The maximum Gasteiger partial charge on any atom is 0.292 e. The van der Waals surface area contributed by atoms with Gasteiger partial charge in [-0.05, 0) is 37.1 Å². The van der Waals surface area contributed by atoms with Crippen molar-refractivity contribution in [2.75, 3.05) is 30.8 Å². The molecule has 8 heteroatoms. The fourth-order valence-corrected chi connectivity index (χ4v) is 2.62. The number of nitro groups is 1. The number of amides is 2. The molecule has 0 spiro atoms. The zero-order valence-corrected chi connectivity index (χ0v) is 15.5. The van der Waals surface area contributed by atoms with Gasteiger partial charge in [-0.2, -0.15) is 0 Å². The molecular weight excluding hydrogens is 348 g/mol. The third kappa shape index (κ3) is 5.61. The number of nitrogens with one attached hydrogen (secondary N) is 3. The zero-order valence-electron chi connectivity index (χ0n) is 15.5. The van der Waals surface area contributed by atoms with Crippen LogP contribution in [0.5, 0.6) is 0 Å². The molecule has 0 fully saturated rings. The van der Waals surface area contributed by atoms with E-state index in [9.17, 15) is 19.7 Å². The number of carbonyl (C=O) groups is 2. The van der Waals surface area contributed by atoms with Gasteiger partial charge in [0.1, 0.15) is 5.69 Å². The molecule has 1 atom stereocenters. The van der Waals surface area contributed by atoms with Gasteiger partial charge in [-0.15, -0.1) is 0 Å². The summed E-state index contributed by atoms with van der Waals surface area (Å²) in [5.41, 5.74) is 2.79. The van der Waals surface area contributed by atoms with Crippen LogP contribution in [0.15, 0.2) is 42.5 Å². The van der Waals surface area contributed by atoms with Crippen LogP contribution in [0.3, 0.4) is 0 Å². The van der Waals surface area contributed by atoms with Gasteiger partial charge in [-0.25, -0.2) is 0 Å². The Hall–Kier alpha value is -3.26. The van der Waals surface area contributed by atoms with Gasteiger partial charge >= 0.3 is 0 Å². The molecule has 8 nitrogen and oxygen atoms in total. The van der Waals surface area contributed by atoms with E-state index in [1.54, 1.807) is 13.1 Å². The highest BCUT2D eigenvalue weighted by Gasteiger charge is 2.18. The molecule has 0 saturated heterocycles. The SMILES string of the molecule is Cc1cccc(NC(=O)C[NH+](C)CC(=O)Nc2ccccc2[N+](=O)[O-])c1C. The number of para-hydroxylation sites is 2. The van der Waals surface area contributed by atoms with Gasteiger partial charge in [0, 0.05) is 11.8 Å². The van der Waals surface area contributed by atoms with E-state index in [2.05, 4.69) is 10.6 Å². The van der Waals surface area contributed by atoms with E-state index >= 15 is 0 Å². The van der Waals surface area contributed by atoms with E-state index in [0.29, 0.717) is 4.90 Å². The summed E-state index contributed by atoms with van der Waals surface area (Å²) in [5.74, 6) is -0.610. The molecule has 2 aromatic rings. The number of likely N-dealkylation sites (N-methyl/N-ethyl adjacent to an activating group) is 1. The van der Waals surface area contributed by atoms with Crippen molar-refractivity contribution < 1.29 is 19.4 Å². The van der Waals surface area contributed by atoms with Gasteiger partial charge in [-0.1, -0.05) is 24.3 Å². The lowest BCUT2D eigenvalue weighted by molar-refractivity contribution is -0.862. The summed E-state index contributed by atoms with van der Waals surface area (Å²) in [5, 5.41) is 16.4. The first-order chi connectivity index (χ1) is 12.8. The summed E-state index contributed by atoms with van der Waals surface area (Å²) >= 11 is 0. The molecule has 142 valence electrons. The minimum atomic E-state index is -0.552. The summed E-state index contributed by atoms with van der Waals surface area (Å²) in [6.45, 7) is 4.00. The second-order valence-electron chi connectivity index (χ2n) is 6.43. The lowest BCUT2D eigenvalue weighted by Crippen LogP contribution is -3.11. The molecule has 0 aliphatic heterocycles. The Bertz CT molecular complexity index is 867. The zero-order chi connectivity index (χ0) is 20.0. The maximum atomic E-state index is 12.2. The summed E-state index contributed by atoms with van der Waals surface area (Å²) in [6.07, 6.45) is 0. The number of aryl methyl sites for hydroxylation is 1. The van der Waals surface area contributed by atoms with Gasteiger partial charge in [0.25, 0.3) is 17.5 Å². The highest BCUT2D eigenvalue weighted by molar-refractivity contribution is 5.94. The second kappa shape index (κ2) is 8.91. The summed E-state index contributed by atoms with van der Waals surface area (Å²) in [7, 11) is 1.71. The predicted molar refractivity (Wildman–Crippen MR) is 103 cm³/mol. The van der Waals surface area contributed by atoms with Crippen molar-refractivity contribution in [2.45, 2.75) is 13.8 Å². The van der Waals surface area contributed by atoms with Crippen LogP contribution < -0.4 is 15.5 Å². The molecule has 0 aliphatic rings. The Morgan fingerprint density at radius 1 is 0.963 bits per heavy atom. The number of nitro benzene ring substituents is 1. The molecule has 3 N–H and O–H groups in total. The first kappa shape index (κ1) is 20.1. The standard InChI is InChI=1S/C19H22N4O4/c1-13-7-6-9-15(14(13)2)20-18(24)11-22(3)12-19(25)21-16-8-4-5-10-17(16)23(26)27/h4-10H,11-12H2,1-3H3,(H,20,24)(H,21,25)/p+1.